The highest BCUT2D eigenvalue weighted by atomic mass is 16.6. The molecule has 14 heteroatoms. The Morgan fingerprint density at radius 3 is 0.607 bits per heavy atom. The number of esters is 6. The van der Waals surface area contributed by atoms with E-state index >= 15 is 0 Å². The van der Waals surface area contributed by atoms with Gasteiger partial charge in [0.1, 0.15) is 24.4 Å². The lowest BCUT2D eigenvalue weighted by Crippen LogP contribution is -2.31. The average molecular weight is 1590 g/mol. The molecular formula is C98H188N2O12. The van der Waals surface area contributed by atoms with Crippen molar-refractivity contribution in [2.24, 2.45) is 0 Å². The number of carbonyl (C=O) groups is 6. The number of hydrogen-bond acceptors (Lipinski definition) is 14. The Labute approximate surface area is 693 Å². The summed E-state index contributed by atoms with van der Waals surface area (Å²) >= 11 is 0. The van der Waals surface area contributed by atoms with Crippen LogP contribution in [0.1, 0.15) is 518 Å². The van der Waals surface area contributed by atoms with E-state index < -0.39 is 12.2 Å². The molecule has 0 aromatic carbocycles. The van der Waals surface area contributed by atoms with Crippen LogP contribution in [0.2, 0.25) is 0 Å². The number of unbranched alkanes of at least 4 members (excludes halogenated alkanes) is 50. The Kier molecular flexibility index (Phi) is 84.5. The lowest BCUT2D eigenvalue weighted by atomic mass is 10.0. The molecule has 0 saturated carbocycles. The van der Waals surface area contributed by atoms with Gasteiger partial charge in [-0.1, -0.05) is 324 Å². The molecule has 0 aliphatic rings. The summed E-state index contributed by atoms with van der Waals surface area (Å²) < 4.78 is 35.1. The standard InChI is InChI=1S/C98H188N2O12/c1-9-15-21-27-33-51-69-87-107-93(101)75-57-43-35-47-63-81-99(83-65-49-37-45-59-77-97(105)111-91(71-53-39-29-23-17-11-3)72-54-40-30-24-18-12-4)85-67-61-79-95(103)109-89(7)90(8)110-96(104)80-62-68-86-100(82-64-48-36-44-58-76-94(102)108-88-70-52-34-28-22-16-10-2)84-66-50-38-46-60-78-98(106)112-92(73-55-41-31-25-19-13-5)74-56-42-32-26-20-14-6/h89-92H,9-88H2,1-8H3. The fraction of sp³-hybridized carbons (Fsp3) is 0.939. The zero-order valence-corrected chi connectivity index (χ0v) is 75.7. The topological polar surface area (TPSA) is 164 Å². The molecule has 112 heavy (non-hydrogen) atoms. The summed E-state index contributed by atoms with van der Waals surface area (Å²) in [4.78, 5) is 82.7. The van der Waals surface area contributed by atoms with Crippen molar-refractivity contribution in [1.29, 1.82) is 0 Å². The maximum atomic E-state index is 13.3. The first kappa shape index (κ1) is 109. The minimum Gasteiger partial charge on any atom is -0.466 e. The van der Waals surface area contributed by atoms with Gasteiger partial charge >= 0.3 is 35.8 Å². The average Bonchev–Trinajstić information content (AvgIpc) is 0.911. The van der Waals surface area contributed by atoms with Crippen LogP contribution in [0.3, 0.4) is 0 Å². The molecule has 2 atom stereocenters. The number of hydrogen-bond donors (Lipinski definition) is 0. The molecule has 14 nitrogen and oxygen atoms in total. The van der Waals surface area contributed by atoms with Gasteiger partial charge in [0.25, 0.3) is 0 Å². The molecule has 0 amide bonds. The van der Waals surface area contributed by atoms with Crippen LogP contribution in [0, 0.1) is 0 Å². The molecule has 0 radical (unpaired) electrons. The van der Waals surface area contributed by atoms with Gasteiger partial charge in [0.05, 0.1) is 13.2 Å². The largest absolute Gasteiger partial charge is 0.466 e. The van der Waals surface area contributed by atoms with E-state index in [0.29, 0.717) is 51.7 Å². The highest BCUT2D eigenvalue weighted by molar-refractivity contribution is 5.71. The van der Waals surface area contributed by atoms with Gasteiger partial charge in [-0.25, -0.2) is 0 Å². The van der Waals surface area contributed by atoms with Gasteiger partial charge in [0, 0.05) is 38.5 Å². The maximum absolute atomic E-state index is 13.3. The van der Waals surface area contributed by atoms with Gasteiger partial charge in [0.15, 0.2) is 0 Å². The Morgan fingerprint density at radius 2 is 0.366 bits per heavy atom. The van der Waals surface area contributed by atoms with E-state index in [-0.39, 0.29) is 48.0 Å². The number of rotatable bonds is 91. The van der Waals surface area contributed by atoms with Crippen molar-refractivity contribution in [3.05, 3.63) is 0 Å². The van der Waals surface area contributed by atoms with Crippen LogP contribution < -0.4 is 0 Å². The molecule has 2 unspecified atom stereocenters. The van der Waals surface area contributed by atoms with Gasteiger partial charge in [-0.2, -0.15) is 0 Å². The summed E-state index contributed by atoms with van der Waals surface area (Å²) in [6.45, 7) is 24.2. The number of ether oxygens (including phenoxy) is 6. The highest BCUT2D eigenvalue weighted by Gasteiger charge is 2.22. The van der Waals surface area contributed by atoms with Gasteiger partial charge in [-0.3, -0.25) is 28.8 Å². The summed E-state index contributed by atoms with van der Waals surface area (Å²) in [6.07, 6.45) is 77.0. The van der Waals surface area contributed by atoms with Crippen LogP contribution >= 0.6 is 0 Å². The van der Waals surface area contributed by atoms with Crippen molar-refractivity contribution in [1.82, 2.24) is 9.80 Å². The molecule has 0 spiro atoms. The zero-order chi connectivity index (χ0) is 81.7. The van der Waals surface area contributed by atoms with Gasteiger partial charge in [-0.05, 0) is 194 Å². The van der Waals surface area contributed by atoms with E-state index in [9.17, 15) is 28.8 Å². The highest BCUT2D eigenvalue weighted by Crippen LogP contribution is 2.23. The molecule has 0 rings (SSSR count). The second kappa shape index (κ2) is 87.1. The van der Waals surface area contributed by atoms with Crippen molar-refractivity contribution in [3.8, 4) is 0 Å². The molecule has 0 aromatic rings. The first-order chi connectivity index (χ1) is 54.8. The van der Waals surface area contributed by atoms with E-state index in [2.05, 4.69) is 51.3 Å². The fourth-order valence-corrected chi connectivity index (χ4v) is 15.4. The van der Waals surface area contributed by atoms with Gasteiger partial charge < -0.3 is 38.2 Å². The lowest BCUT2D eigenvalue weighted by molar-refractivity contribution is -0.165. The Morgan fingerprint density at radius 1 is 0.196 bits per heavy atom. The predicted molar refractivity (Wildman–Crippen MR) is 472 cm³/mol. The maximum Gasteiger partial charge on any atom is 0.306 e. The molecule has 0 fully saturated rings. The molecule has 0 bridgehead atoms. The summed E-state index contributed by atoms with van der Waals surface area (Å²) in [6, 6.07) is 0. The second-order valence-corrected chi connectivity index (χ2v) is 34.2. The SMILES string of the molecule is CCCCCCCCCOC(=O)CCCCCCCN(CCCCCCCC(=O)OC(CCCCCCCC)CCCCCCCC)CCCCC(=O)OC(C)C(C)OC(=O)CCCCN(CCCCCCCC(=O)OCCCCCCCCC)CCCCCCCC(=O)OC(CCCCCCCC)CCCCCCCC. The third-order valence-corrected chi connectivity index (χ3v) is 23.1. The van der Waals surface area contributed by atoms with Crippen molar-refractivity contribution < 1.29 is 57.2 Å². The quantitative estimate of drug-likeness (QED) is 0.0321. The lowest BCUT2D eigenvalue weighted by Gasteiger charge is -2.23. The van der Waals surface area contributed by atoms with Gasteiger partial charge in [0.2, 0.25) is 0 Å². The molecule has 0 aliphatic carbocycles. The summed E-state index contributed by atoms with van der Waals surface area (Å²) in [7, 11) is 0. The molecular weight excluding hydrogens is 1400 g/mol. The third-order valence-electron chi connectivity index (χ3n) is 23.1. The van der Waals surface area contributed by atoms with Crippen LogP contribution in [0.25, 0.3) is 0 Å². The third kappa shape index (κ3) is 79.2. The number of nitrogens with zero attached hydrogens (tertiary/aromatic N) is 2. The normalized spacial score (nSPS) is 12.2. The van der Waals surface area contributed by atoms with E-state index in [0.717, 1.165) is 270 Å². The van der Waals surface area contributed by atoms with Crippen LogP contribution in [0.4, 0.5) is 0 Å². The van der Waals surface area contributed by atoms with E-state index in [4.69, 9.17) is 28.4 Å². The first-order valence-electron chi connectivity index (χ1n) is 49.4. The Bertz CT molecular complexity index is 1870. The van der Waals surface area contributed by atoms with Crippen molar-refractivity contribution in [2.45, 2.75) is 542 Å². The molecule has 0 aliphatic heterocycles. The summed E-state index contributed by atoms with van der Waals surface area (Å²) in [5, 5.41) is 0. The molecule has 0 N–H and O–H groups in total. The van der Waals surface area contributed by atoms with Gasteiger partial charge in [-0.15, -0.1) is 0 Å². The molecule has 0 saturated heterocycles. The van der Waals surface area contributed by atoms with Crippen LogP contribution in [0.15, 0.2) is 0 Å². The van der Waals surface area contributed by atoms with Crippen LogP contribution in [-0.4, -0.2) is 123 Å². The summed E-state index contributed by atoms with van der Waals surface area (Å²) in [5.41, 5.74) is 0. The Hall–Kier alpha value is -3.26. The van der Waals surface area contributed by atoms with Crippen molar-refractivity contribution >= 4 is 35.8 Å². The molecule has 0 aromatic heterocycles. The monoisotopic (exact) mass is 1590 g/mol. The zero-order valence-electron chi connectivity index (χ0n) is 75.7. The molecule has 662 valence electrons. The molecule has 0 heterocycles. The minimum atomic E-state index is -0.550. The first-order valence-corrected chi connectivity index (χ1v) is 49.4. The van der Waals surface area contributed by atoms with E-state index in [1.165, 1.54) is 193 Å². The summed E-state index contributed by atoms with van der Waals surface area (Å²) in [5.74, 6) is -0.648. The minimum absolute atomic E-state index is 0.0116. The fourth-order valence-electron chi connectivity index (χ4n) is 15.4. The Balaban J connectivity index is 5.32. The number of carbonyl (C=O) groups excluding carboxylic acids is 6. The smallest absolute Gasteiger partial charge is 0.306 e. The van der Waals surface area contributed by atoms with Crippen LogP contribution in [-0.2, 0) is 57.2 Å². The van der Waals surface area contributed by atoms with Crippen LogP contribution in [0.5, 0.6) is 0 Å². The van der Waals surface area contributed by atoms with Crippen molar-refractivity contribution in [3.63, 3.8) is 0 Å². The second-order valence-electron chi connectivity index (χ2n) is 34.2. The van der Waals surface area contributed by atoms with E-state index in [1.54, 1.807) is 0 Å². The van der Waals surface area contributed by atoms with Crippen molar-refractivity contribution in [2.75, 3.05) is 52.5 Å². The predicted octanol–water partition coefficient (Wildman–Crippen LogP) is 28.6. The van der Waals surface area contributed by atoms with E-state index in [1.807, 2.05) is 13.8 Å².